The van der Waals surface area contributed by atoms with Crippen LogP contribution in [0, 0.1) is 23.0 Å². The molecule has 5 aliphatic rings. The Hall–Kier alpha value is -2.40. The van der Waals surface area contributed by atoms with Gasteiger partial charge in [0.2, 0.25) is 15.9 Å². The molecule has 1 amide bonds. The van der Waals surface area contributed by atoms with Crippen LogP contribution in [0.2, 0.25) is 0 Å². The van der Waals surface area contributed by atoms with Gasteiger partial charge in [0.15, 0.2) is 0 Å². The minimum atomic E-state index is -3.35. The number of sulfonamides is 1. The molecule has 39 heavy (non-hydrogen) atoms. The van der Waals surface area contributed by atoms with Crippen LogP contribution in [-0.2, 0) is 21.2 Å². The summed E-state index contributed by atoms with van der Waals surface area (Å²) in [7, 11) is -3.35. The number of piperazine rings is 1. The third kappa shape index (κ3) is 5.01. The van der Waals surface area contributed by atoms with Crippen LogP contribution in [0.3, 0.4) is 0 Å². The van der Waals surface area contributed by atoms with Crippen LogP contribution in [0.5, 0.6) is 0 Å². The highest BCUT2D eigenvalue weighted by Gasteiger charge is 2.62. The number of carbonyl (C=O) groups is 1. The zero-order chi connectivity index (χ0) is 27.4. The molecule has 2 aliphatic heterocycles. The molecule has 3 aliphatic carbocycles. The van der Waals surface area contributed by atoms with E-state index in [2.05, 4.69) is 10.6 Å². The highest BCUT2D eigenvalue weighted by atomic mass is 32.2. The van der Waals surface area contributed by atoms with E-state index in [0.29, 0.717) is 43.1 Å². The lowest BCUT2D eigenvalue weighted by Crippen LogP contribution is -2.60. The van der Waals surface area contributed by atoms with Crippen LogP contribution in [0.4, 0.5) is 14.5 Å². The van der Waals surface area contributed by atoms with E-state index in [9.17, 15) is 17.6 Å². The Morgan fingerprint density at radius 2 is 1.90 bits per heavy atom. The first-order valence-electron chi connectivity index (χ1n) is 14.0. The molecule has 2 heterocycles. The molecule has 7 nitrogen and oxygen atoms in total. The van der Waals surface area contributed by atoms with Gasteiger partial charge in [-0.05, 0) is 86.1 Å². The highest BCUT2D eigenvalue weighted by molar-refractivity contribution is 7.89. The summed E-state index contributed by atoms with van der Waals surface area (Å²) < 4.78 is 56.0. The van der Waals surface area contributed by atoms with Crippen molar-refractivity contribution in [2.75, 3.05) is 24.2 Å². The summed E-state index contributed by atoms with van der Waals surface area (Å²) in [6.07, 6.45) is 5.19. The van der Waals surface area contributed by atoms with Crippen molar-refractivity contribution in [3.05, 3.63) is 65.2 Å². The zero-order valence-corrected chi connectivity index (χ0v) is 22.7. The minimum Gasteiger partial charge on any atom is -0.324 e. The number of nitrogens with two attached hydrogens (primary N) is 1. The minimum absolute atomic E-state index is 0.0471. The SMILES string of the molecule is N[C@H](C(=O)Nc1cccc(F)c1CCC1CNC2CCCS(=O)(=O)N1C2)[C@@H](c1ccc(F)cc1)C12CC(C1)C2. The topological polar surface area (TPSA) is 105 Å². The van der Waals surface area contributed by atoms with Gasteiger partial charge in [-0.3, -0.25) is 4.79 Å². The standard InChI is InChI=1S/C29H36F2N4O3S/c30-20-8-6-19(7-9-20)26(29-13-18(14-29)15-29)27(32)28(36)34-25-5-1-4-24(31)23(25)11-10-22-16-33-21-3-2-12-39(37,38)35(22)17-21/h1,4-9,18,21-22,26-27,33H,2-3,10-17,32H2,(H,34,36)/t18?,21?,22?,26-,27+,29?/m1/s1. The molecule has 0 spiro atoms. The molecule has 5 atom stereocenters. The summed E-state index contributed by atoms with van der Waals surface area (Å²) in [5.41, 5.74) is 8.09. The van der Waals surface area contributed by atoms with E-state index in [4.69, 9.17) is 5.73 Å². The summed E-state index contributed by atoms with van der Waals surface area (Å²) in [4.78, 5) is 13.5. The fraction of sp³-hybridized carbons (Fsp3) is 0.552. The molecule has 7 rings (SSSR count). The molecule has 3 unspecified atom stereocenters. The molecule has 4 N–H and O–H groups in total. The number of rotatable bonds is 8. The van der Waals surface area contributed by atoms with Crippen LogP contribution >= 0.6 is 0 Å². The van der Waals surface area contributed by atoms with E-state index in [-0.39, 0.29) is 41.4 Å². The second-order valence-electron chi connectivity index (χ2n) is 12.0. The molecule has 5 fully saturated rings. The molecule has 10 heteroatoms. The molecule has 2 aromatic rings. The average molecular weight is 559 g/mol. The predicted molar refractivity (Wildman–Crippen MR) is 146 cm³/mol. The van der Waals surface area contributed by atoms with E-state index in [0.717, 1.165) is 31.2 Å². The van der Waals surface area contributed by atoms with Crippen molar-refractivity contribution in [1.29, 1.82) is 0 Å². The normalized spacial score (nSPS) is 32.2. The number of benzene rings is 2. The van der Waals surface area contributed by atoms with Crippen molar-refractivity contribution in [3.63, 3.8) is 0 Å². The Morgan fingerprint density at radius 1 is 1.15 bits per heavy atom. The number of nitrogens with one attached hydrogen (secondary N) is 2. The number of hydrogen-bond donors (Lipinski definition) is 3. The molecule has 2 aromatic carbocycles. The van der Waals surface area contributed by atoms with Gasteiger partial charge in [-0.25, -0.2) is 17.2 Å². The quantitative estimate of drug-likeness (QED) is 0.460. The number of anilines is 1. The number of carbonyl (C=O) groups excluding carboxylic acids is 1. The first kappa shape index (κ1) is 26.8. The van der Waals surface area contributed by atoms with Gasteiger partial charge >= 0.3 is 0 Å². The second-order valence-corrected chi connectivity index (χ2v) is 14.0. The summed E-state index contributed by atoms with van der Waals surface area (Å²) in [5, 5.41) is 6.32. The molecule has 2 saturated heterocycles. The molecule has 0 aromatic heterocycles. The third-order valence-electron chi connectivity index (χ3n) is 9.50. The lowest BCUT2D eigenvalue weighted by Gasteiger charge is -2.66. The first-order valence-corrected chi connectivity index (χ1v) is 15.6. The highest BCUT2D eigenvalue weighted by Crippen LogP contribution is 2.70. The number of hydrogen-bond acceptors (Lipinski definition) is 5. The van der Waals surface area contributed by atoms with Gasteiger partial charge in [0.05, 0.1) is 11.8 Å². The van der Waals surface area contributed by atoms with E-state index < -0.39 is 27.8 Å². The maximum absolute atomic E-state index is 15.1. The molecule has 4 bridgehead atoms. The average Bonchev–Trinajstić information content (AvgIpc) is 2.97. The molecular weight excluding hydrogens is 522 g/mol. The summed E-state index contributed by atoms with van der Waals surface area (Å²) in [5.74, 6) is -0.633. The smallest absolute Gasteiger partial charge is 0.241 e. The fourth-order valence-electron chi connectivity index (χ4n) is 7.39. The molecule has 3 saturated carbocycles. The molecular formula is C29H36F2N4O3S. The van der Waals surface area contributed by atoms with Crippen molar-refractivity contribution in [1.82, 2.24) is 9.62 Å². The van der Waals surface area contributed by atoms with Crippen molar-refractivity contribution in [2.24, 2.45) is 17.1 Å². The maximum Gasteiger partial charge on any atom is 0.241 e. The van der Waals surface area contributed by atoms with Gasteiger partial charge in [-0.2, -0.15) is 4.31 Å². The summed E-state index contributed by atoms with van der Waals surface area (Å²) in [6, 6.07) is 9.77. The summed E-state index contributed by atoms with van der Waals surface area (Å²) >= 11 is 0. The third-order valence-corrected chi connectivity index (χ3v) is 11.5. The Kier molecular flexibility index (Phi) is 7.02. The monoisotopic (exact) mass is 558 g/mol. The maximum atomic E-state index is 15.1. The Labute approximate surface area is 228 Å². The van der Waals surface area contributed by atoms with Gasteiger partial charge < -0.3 is 16.4 Å². The molecule has 210 valence electrons. The zero-order valence-electron chi connectivity index (χ0n) is 21.9. The fourth-order valence-corrected chi connectivity index (χ4v) is 9.20. The Morgan fingerprint density at radius 3 is 2.59 bits per heavy atom. The van der Waals surface area contributed by atoms with Gasteiger partial charge in [0.25, 0.3) is 0 Å². The van der Waals surface area contributed by atoms with E-state index in [1.165, 1.54) is 18.2 Å². The van der Waals surface area contributed by atoms with Gasteiger partial charge in [0.1, 0.15) is 11.6 Å². The lowest BCUT2D eigenvalue weighted by atomic mass is 9.38. The van der Waals surface area contributed by atoms with Crippen molar-refractivity contribution in [3.8, 4) is 0 Å². The van der Waals surface area contributed by atoms with Gasteiger partial charge in [-0.15, -0.1) is 0 Å². The van der Waals surface area contributed by atoms with Crippen molar-refractivity contribution in [2.45, 2.75) is 69.0 Å². The van der Waals surface area contributed by atoms with Crippen LogP contribution in [-0.4, -0.2) is 55.6 Å². The van der Waals surface area contributed by atoms with E-state index in [1.807, 2.05) is 0 Å². The predicted octanol–water partition coefficient (Wildman–Crippen LogP) is 3.51. The Bertz CT molecular complexity index is 1340. The van der Waals surface area contributed by atoms with Crippen LogP contribution in [0.15, 0.2) is 42.5 Å². The van der Waals surface area contributed by atoms with Crippen LogP contribution in [0.1, 0.15) is 55.6 Å². The van der Waals surface area contributed by atoms with E-state index in [1.54, 1.807) is 28.6 Å². The van der Waals surface area contributed by atoms with Crippen LogP contribution < -0.4 is 16.4 Å². The number of halogens is 2. The van der Waals surface area contributed by atoms with Crippen LogP contribution in [0.25, 0.3) is 0 Å². The van der Waals surface area contributed by atoms with E-state index >= 15 is 4.39 Å². The second kappa shape index (κ2) is 10.2. The molecule has 0 radical (unpaired) electrons. The number of fused-ring (bicyclic) bond motifs is 2. The largest absolute Gasteiger partial charge is 0.324 e. The number of nitrogens with zero attached hydrogens (tertiary/aromatic N) is 1. The van der Waals surface area contributed by atoms with Gasteiger partial charge in [-0.1, -0.05) is 18.2 Å². The van der Waals surface area contributed by atoms with Crippen molar-refractivity contribution >= 4 is 21.6 Å². The van der Waals surface area contributed by atoms with Crippen molar-refractivity contribution < 1.29 is 22.0 Å². The number of amides is 1. The van der Waals surface area contributed by atoms with Gasteiger partial charge in [0, 0.05) is 42.3 Å². The lowest BCUT2D eigenvalue weighted by molar-refractivity contribution is -0.141. The Balaban J connectivity index is 1.19. The summed E-state index contributed by atoms with van der Waals surface area (Å²) in [6.45, 7) is 0.962. The first-order chi connectivity index (χ1) is 18.6.